The number of ether oxygens (including phenoxy) is 2. The normalized spacial score (nSPS) is 16.7. The van der Waals surface area contributed by atoms with Crippen LogP contribution in [0.15, 0.2) is 72.3 Å². The SMILES string of the molecule is COc1ccc(/C(O)=C2\C(=O)C(=O)N(c3ccc(CC(=O)O)cc3)C2c2ccccc2OC)cc1C(C)C. The van der Waals surface area contributed by atoms with E-state index in [-0.39, 0.29) is 23.7 Å². The third kappa shape index (κ3) is 4.85. The molecule has 3 aromatic rings. The molecule has 0 saturated carbocycles. The van der Waals surface area contributed by atoms with Gasteiger partial charge in [0.2, 0.25) is 0 Å². The van der Waals surface area contributed by atoms with Crippen LogP contribution in [0.3, 0.4) is 0 Å². The van der Waals surface area contributed by atoms with Crippen LogP contribution in [0, 0.1) is 0 Å². The number of carboxylic acids is 1. The summed E-state index contributed by atoms with van der Waals surface area (Å²) >= 11 is 0. The number of carboxylic acid groups (broad SMARTS) is 1. The number of anilines is 1. The molecule has 2 N–H and O–H groups in total. The molecule has 1 heterocycles. The average molecular weight is 516 g/mol. The van der Waals surface area contributed by atoms with Crippen LogP contribution in [0.4, 0.5) is 5.69 Å². The van der Waals surface area contributed by atoms with Gasteiger partial charge in [-0.25, -0.2) is 0 Å². The summed E-state index contributed by atoms with van der Waals surface area (Å²) < 4.78 is 11.0. The predicted molar refractivity (Wildman–Crippen MR) is 143 cm³/mol. The quantitative estimate of drug-likeness (QED) is 0.244. The molecule has 8 nitrogen and oxygen atoms in total. The smallest absolute Gasteiger partial charge is 0.307 e. The standard InChI is InChI=1S/C30H29NO7/c1-17(2)22-16-19(11-14-24(22)38-4)28(34)26-27(21-7-5-6-8-23(21)37-3)31(30(36)29(26)35)20-12-9-18(10-13-20)15-25(32)33/h5-14,16-17,27,34H,15H2,1-4H3,(H,32,33)/b28-26+. The molecule has 0 aliphatic carbocycles. The molecule has 196 valence electrons. The van der Waals surface area contributed by atoms with Gasteiger partial charge in [-0.05, 0) is 53.4 Å². The van der Waals surface area contributed by atoms with Crippen LogP contribution >= 0.6 is 0 Å². The highest BCUT2D eigenvalue weighted by Crippen LogP contribution is 2.45. The summed E-state index contributed by atoms with van der Waals surface area (Å²) in [5.74, 6) is -1.77. The number of carbonyl (C=O) groups excluding carboxylic acids is 2. The van der Waals surface area contributed by atoms with Gasteiger partial charge in [0.1, 0.15) is 17.3 Å². The van der Waals surface area contributed by atoms with E-state index in [2.05, 4.69) is 0 Å². The minimum Gasteiger partial charge on any atom is -0.507 e. The van der Waals surface area contributed by atoms with E-state index in [1.165, 1.54) is 12.0 Å². The van der Waals surface area contributed by atoms with Crippen molar-refractivity contribution < 1.29 is 34.1 Å². The number of amides is 1. The summed E-state index contributed by atoms with van der Waals surface area (Å²) in [5, 5.41) is 20.6. The van der Waals surface area contributed by atoms with Gasteiger partial charge in [-0.1, -0.05) is 44.2 Å². The summed E-state index contributed by atoms with van der Waals surface area (Å²) in [6, 6.07) is 17.5. The zero-order chi connectivity index (χ0) is 27.6. The second-order valence-corrected chi connectivity index (χ2v) is 9.26. The van der Waals surface area contributed by atoms with Gasteiger partial charge >= 0.3 is 5.97 Å². The molecule has 0 bridgehead atoms. The Morgan fingerprint density at radius 3 is 2.18 bits per heavy atom. The minimum atomic E-state index is -0.985. The third-order valence-corrected chi connectivity index (χ3v) is 6.57. The highest BCUT2D eigenvalue weighted by molar-refractivity contribution is 6.51. The zero-order valence-electron chi connectivity index (χ0n) is 21.6. The Kier molecular flexibility index (Phi) is 7.52. The number of aliphatic hydroxyl groups is 1. The maximum Gasteiger partial charge on any atom is 0.307 e. The highest BCUT2D eigenvalue weighted by Gasteiger charge is 2.48. The number of ketones is 1. The average Bonchev–Trinajstić information content (AvgIpc) is 3.17. The van der Waals surface area contributed by atoms with Crippen LogP contribution < -0.4 is 14.4 Å². The molecule has 0 spiro atoms. The van der Waals surface area contributed by atoms with Gasteiger partial charge in [-0.3, -0.25) is 19.3 Å². The summed E-state index contributed by atoms with van der Waals surface area (Å²) in [7, 11) is 3.06. The Labute approximate surface area is 220 Å². The monoisotopic (exact) mass is 515 g/mol. The van der Waals surface area contributed by atoms with Crippen LogP contribution in [-0.2, 0) is 20.8 Å². The van der Waals surface area contributed by atoms with Crippen LogP contribution in [0.25, 0.3) is 5.76 Å². The Hall–Kier alpha value is -4.59. The van der Waals surface area contributed by atoms with E-state index < -0.39 is 23.7 Å². The van der Waals surface area contributed by atoms with E-state index in [0.29, 0.717) is 33.9 Å². The number of hydrogen-bond donors (Lipinski definition) is 2. The lowest BCUT2D eigenvalue weighted by atomic mass is 9.92. The van der Waals surface area contributed by atoms with E-state index in [1.807, 2.05) is 13.8 Å². The Morgan fingerprint density at radius 2 is 1.58 bits per heavy atom. The van der Waals surface area contributed by atoms with Crippen molar-refractivity contribution in [3.05, 3.63) is 94.6 Å². The second-order valence-electron chi connectivity index (χ2n) is 9.26. The zero-order valence-corrected chi connectivity index (χ0v) is 21.6. The Bertz CT molecular complexity index is 1420. The van der Waals surface area contributed by atoms with Gasteiger partial charge in [0.05, 0.1) is 32.3 Å². The van der Waals surface area contributed by atoms with Crippen molar-refractivity contribution in [3.8, 4) is 11.5 Å². The number of methoxy groups -OCH3 is 2. The van der Waals surface area contributed by atoms with Crippen molar-refractivity contribution in [2.45, 2.75) is 32.2 Å². The highest BCUT2D eigenvalue weighted by atomic mass is 16.5. The van der Waals surface area contributed by atoms with Crippen LogP contribution in [0.5, 0.6) is 11.5 Å². The molecule has 4 rings (SSSR count). The first-order valence-electron chi connectivity index (χ1n) is 12.1. The molecule has 1 fully saturated rings. The molecule has 0 radical (unpaired) electrons. The van der Waals surface area contributed by atoms with Crippen molar-refractivity contribution in [1.82, 2.24) is 0 Å². The van der Waals surface area contributed by atoms with Gasteiger partial charge in [0, 0.05) is 16.8 Å². The first-order valence-corrected chi connectivity index (χ1v) is 12.1. The number of aliphatic hydroxyl groups excluding tert-OH is 1. The Morgan fingerprint density at radius 1 is 0.921 bits per heavy atom. The fourth-order valence-corrected chi connectivity index (χ4v) is 4.72. The van der Waals surface area contributed by atoms with Gasteiger partial charge < -0.3 is 19.7 Å². The number of carbonyl (C=O) groups is 3. The van der Waals surface area contributed by atoms with Gasteiger partial charge in [0.25, 0.3) is 11.7 Å². The van der Waals surface area contributed by atoms with E-state index in [9.17, 15) is 19.5 Å². The van der Waals surface area contributed by atoms with Crippen molar-refractivity contribution in [1.29, 1.82) is 0 Å². The summed E-state index contributed by atoms with van der Waals surface area (Å²) in [4.78, 5) is 39.4. The molecular weight excluding hydrogens is 486 g/mol. The lowest BCUT2D eigenvalue weighted by molar-refractivity contribution is -0.136. The molecule has 8 heteroatoms. The first-order chi connectivity index (χ1) is 18.2. The van der Waals surface area contributed by atoms with Crippen LogP contribution in [-0.4, -0.2) is 42.1 Å². The van der Waals surface area contributed by atoms with Gasteiger partial charge in [0.15, 0.2) is 0 Å². The van der Waals surface area contributed by atoms with E-state index in [1.54, 1.807) is 73.8 Å². The molecule has 1 aliphatic heterocycles. The number of benzene rings is 3. The molecule has 1 atom stereocenters. The summed E-state index contributed by atoms with van der Waals surface area (Å²) in [5.41, 5.74) is 2.59. The van der Waals surface area contributed by atoms with Crippen molar-refractivity contribution in [2.24, 2.45) is 0 Å². The van der Waals surface area contributed by atoms with E-state index in [0.717, 1.165) is 5.56 Å². The number of Topliss-reactive ketones (excluding diaryl/α,β-unsaturated/α-hetero) is 1. The number of hydrogen-bond acceptors (Lipinski definition) is 6. The third-order valence-electron chi connectivity index (χ3n) is 6.57. The molecule has 0 aromatic heterocycles. The molecular formula is C30H29NO7. The summed E-state index contributed by atoms with van der Waals surface area (Å²) in [6.07, 6.45) is -0.176. The fourth-order valence-electron chi connectivity index (χ4n) is 4.72. The minimum absolute atomic E-state index is 0.0750. The molecule has 1 aliphatic rings. The molecule has 1 unspecified atom stereocenters. The van der Waals surface area contributed by atoms with Crippen molar-refractivity contribution in [2.75, 3.05) is 19.1 Å². The van der Waals surface area contributed by atoms with Crippen LogP contribution in [0.1, 0.15) is 48.1 Å². The number of rotatable bonds is 8. The number of aliphatic carboxylic acids is 1. The number of para-hydroxylation sites is 1. The van der Waals surface area contributed by atoms with E-state index >= 15 is 0 Å². The molecule has 1 saturated heterocycles. The van der Waals surface area contributed by atoms with Crippen LogP contribution in [0.2, 0.25) is 0 Å². The maximum absolute atomic E-state index is 13.5. The topological polar surface area (TPSA) is 113 Å². The van der Waals surface area contributed by atoms with E-state index in [4.69, 9.17) is 14.6 Å². The Balaban J connectivity index is 1.93. The van der Waals surface area contributed by atoms with Crippen molar-refractivity contribution >= 4 is 29.1 Å². The maximum atomic E-state index is 13.5. The number of nitrogens with zero attached hydrogens (tertiary/aromatic N) is 1. The fraction of sp³-hybridized carbons (Fsp3) is 0.233. The summed E-state index contributed by atoms with van der Waals surface area (Å²) in [6.45, 7) is 3.98. The van der Waals surface area contributed by atoms with Gasteiger partial charge in [-0.15, -0.1) is 0 Å². The van der Waals surface area contributed by atoms with Crippen molar-refractivity contribution in [3.63, 3.8) is 0 Å². The van der Waals surface area contributed by atoms with Gasteiger partial charge in [-0.2, -0.15) is 0 Å². The largest absolute Gasteiger partial charge is 0.507 e. The molecule has 3 aromatic carbocycles. The first kappa shape index (κ1) is 26.5. The molecule has 1 amide bonds. The lowest BCUT2D eigenvalue weighted by Crippen LogP contribution is -2.29. The predicted octanol–water partition coefficient (Wildman–Crippen LogP) is 5.08. The molecule has 38 heavy (non-hydrogen) atoms. The lowest BCUT2D eigenvalue weighted by Gasteiger charge is -2.27. The second kappa shape index (κ2) is 10.8.